The molecule has 16 heteroatoms. The van der Waals surface area contributed by atoms with Gasteiger partial charge in [0.05, 0.1) is 47.9 Å². The van der Waals surface area contributed by atoms with Crippen LogP contribution in [0.1, 0.15) is 43.9 Å². The summed E-state index contributed by atoms with van der Waals surface area (Å²) in [6, 6.07) is 12.8. The second-order valence-electron chi connectivity index (χ2n) is 13.9. The summed E-state index contributed by atoms with van der Waals surface area (Å²) in [7, 11) is 3.07. The molecule has 2 aliphatic rings. The number of aromatic nitrogens is 4. The SMILES string of the molecule is COc1nc(-c2cccc(-c3ccnc(-c4cc(OC)c5nc(CNC6CCN(C(C)=O)CC6)cn5c4)c3Cl)c2Cl)ccc1CN(C[C@@H]1CCC(=O)N1)C(=O)O. The molecule has 3 amide bonds. The number of nitrogens with zero attached hydrogens (tertiary/aromatic N) is 6. The van der Waals surface area contributed by atoms with Crippen LogP contribution >= 0.6 is 23.2 Å². The van der Waals surface area contributed by atoms with Gasteiger partial charge in [0, 0.05) is 98.0 Å². The molecule has 5 aromatic rings. The van der Waals surface area contributed by atoms with E-state index < -0.39 is 6.09 Å². The van der Waals surface area contributed by atoms with Crippen molar-refractivity contribution in [1.82, 2.24) is 39.8 Å². The molecule has 56 heavy (non-hydrogen) atoms. The van der Waals surface area contributed by atoms with Crippen LogP contribution in [0.4, 0.5) is 4.79 Å². The molecule has 7 rings (SSSR count). The zero-order valence-corrected chi connectivity index (χ0v) is 32.7. The molecule has 1 atom stereocenters. The average Bonchev–Trinajstić information content (AvgIpc) is 3.82. The number of imidazole rings is 1. The van der Waals surface area contributed by atoms with Gasteiger partial charge in [0.1, 0.15) is 0 Å². The summed E-state index contributed by atoms with van der Waals surface area (Å²) in [4.78, 5) is 52.8. The van der Waals surface area contributed by atoms with Crippen molar-refractivity contribution in [2.45, 2.75) is 57.8 Å². The third kappa shape index (κ3) is 8.23. The van der Waals surface area contributed by atoms with Crippen LogP contribution in [-0.2, 0) is 22.7 Å². The van der Waals surface area contributed by atoms with Crippen molar-refractivity contribution in [3.05, 3.63) is 82.4 Å². The summed E-state index contributed by atoms with van der Waals surface area (Å²) in [6.45, 7) is 3.85. The number of benzene rings is 1. The first-order valence-electron chi connectivity index (χ1n) is 18.3. The Kier molecular flexibility index (Phi) is 11.6. The fraction of sp³-hybridized carbons (Fsp3) is 0.350. The number of carboxylic acid groups (broad SMARTS) is 1. The maximum absolute atomic E-state index is 12.1. The minimum absolute atomic E-state index is 0.0256. The van der Waals surface area contributed by atoms with E-state index in [1.165, 1.54) is 12.0 Å². The van der Waals surface area contributed by atoms with Gasteiger partial charge in [-0.05, 0) is 43.5 Å². The molecule has 0 radical (unpaired) electrons. The van der Waals surface area contributed by atoms with Gasteiger partial charge in [-0.15, -0.1) is 0 Å². The normalized spacial score (nSPS) is 15.9. The lowest BCUT2D eigenvalue weighted by Gasteiger charge is -2.31. The van der Waals surface area contributed by atoms with Gasteiger partial charge < -0.3 is 39.4 Å². The number of piperidine rings is 1. The van der Waals surface area contributed by atoms with Crippen LogP contribution < -0.4 is 20.1 Å². The van der Waals surface area contributed by atoms with Crippen molar-refractivity contribution in [2.75, 3.05) is 33.9 Å². The highest BCUT2D eigenvalue weighted by Crippen LogP contribution is 2.42. The van der Waals surface area contributed by atoms with E-state index in [-0.39, 0.29) is 36.8 Å². The molecule has 2 fully saturated rings. The van der Waals surface area contributed by atoms with E-state index in [1.807, 2.05) is 46.0 Å². The first-order chi connectivity index (χ1) is 27.0. The number of rotatable bonds is 12. The first kappa shape index (κ1) is 38.8. The maximum Gasteiger partial charge on any atom is 0.407 e. The number of methoxy groups -OCH3 is 2. The minimum atomic E-state index is -1.11. The number of carbonyl (C=O) groups excluding carboxylic acids is 2. The Bertz CT molecular complexity index is 2290. The highest BCUT2D eigenvalue weighted by Gasteiger charge is 2.27. The summed E-state index contributed by atoms with van der Waals surface area (Å²) in [5, 5.41) is 17.1. The highest BCUT2D eigenvalue weighted by molar-refractivity contribution is 6.39. The van der Waals surface area contributed by atoms with Gasteiger partial charge in [-0.25, -0.2) is 14.8 Å². The molecular weight excluding hydrogens is 759 g/mol. The van der Waals surface area contributed by atoms with Crippen LogP contribution in [0, 0.1) is 0 Å². The molecule has 0 saturated carbocycles. The van der Waals surface area contributed by atoms with Gasteiger partial charge in [0.15, 0.2) is 11.4 Å². The van der Waals surface area contributed by atoms with E-state index in [4.69, 9.17) is 42.6 Å². The third-order valence-corrected chi connectivity index (χ3v) is 11.1. The van der Waals surface area contributed by atoms with Crippen molar-refractivity contribution < 1.29 is 29.0 Å². The lowest BCUT2D eigenvalue weighted by Crippen LogP contribution is -2.43. The van der Waals surface area contributed by atoms with Gasteiger partial charge in [0.2, 0.25) is 17.7 Å². The standard InChI is InChI=1S/C40H42Cl2N8O6/c1-23(51)48-15-12-26(13-16-48)44-18-28-22-49-20-25(17-33(55-2)38(49)46-28)37-36(42)30(11-14-43-37)29-5-4-6-31(35(29)41)32-9-7-24(39(47-32)56-3)19-50(40(53)54)21-27-8-10-34(52)45-27/h4-7,9,11,14,17,20,22,26-27,44H,8,10,12-13,15-16,18-19,21H2,1-3H3,(H,45,52)(H,53,54)/t27-/m0/s1. The van der Waals surface area contributed by atoms with Crippen LogP contribution in [0.3, 0.4) is 0 Å². The minimum Gasteiger partial charge on any atom is -0.493 e. The van der Waals surface area contributed by atoms with Crippen LogP contribution in [0.5, 0.6) is 11.6 Å². The van der Waals surface area contributed by atoms with Crippen molar-refractivity contribution in [3.63, 3.8) is 0 Å². The topological polar surface area (TPSA) is 164 Å². The monoisotopic (exact) mass is 800 g/mol. The molecule has 292 valence electrons. The number of fused-ring (bicyclic) bond motifs is 1. The van der Waals surface area contributed by atoms with Crippen LogP contribution in [-0.4, -0.2) is 98.1 Å². The van der Waals surface area contributed by atoms with Gasteiger partial charge in [-0.1, -0.05) is 41.4 Å². The molecule has 2 saturated heterocycles. The molecular formula is C40H42Cl2N8O6. The number of pyridine rings is 3. The number of halogens is 2. The molecule has 0 unspecified atom stereocenters. The Morgan fingerprint density at radius 2 is 1.77 bits per heavy atom. The molecule has 6 heterocycles. The molecule has 0 aliphatic carbocycles. The Morgan fingerprint density at radius 1 is 1.00 bits per heavy atom. The number of amides is 3. The fourth-order valence-corrected chi connectivity index (χ4v) is 7.98. The molecule has 4 aromatic heterocycles. The van der Waals surface area contributed by atoms with Crippen molar-refractivity contribution in [1.29, 1.82) is 0 Å². The zero-order valence-electron chi connectivity index (χ0n) is 31.2. The summed E-state index contributed by atoms with van der Waals surface area (Å²) in [5.41, 5.74) is 5.80. The van der Waals surface area contributed by atoms with Crippen molar-refractivity contribution >= 4 is 46.8 Å². The number of ether oxygens (including phenoxy) is 2. The van der Waals surface area contributed by atoms with E-state index in [0.717, 1.165) is 37.2 Å². The molecule has 3 N–H and O–H groups in total. The summed E-state index contributed by atoms with van der Waals surface area (Å²) < 4.78 is 13.3. The summed E-state index contributed by atoms with van der Waals surface area (Å²) >= 11 is 14.3. The van der Waals surface area contributed by atoms with Crippen LogP contribution in [0.15, 0.2) is 61.1 Å². The lowest BCUT2D eigenvalue weighted by molar-refractivity contribution is -0.130. The van der Waals surface area contributed by atoms with E-state index in [2.05, 4.69) is 15.6 Å². The highest BCUT2D eigenvalue weighted by atomic mass is 35.5. The molecule has 2 aliphatic heterocycles. The molecule has 0 spiro atoms. The number of hydrogen-bond donors (Lipinski definition) is 3. The third-order valence-electron chi connectivity index (χ3n) is 10.3. The average molecular weight is 802 g/mol. The quantitative estimate of drug-likeness (QED) is 0.130. The number of likely N-dealkylation sites (tertiary alicyclic amines) is 1. The number of nitrogens with one attached hydrogen (secondary N) is 2. The van der Waals surface area contributed by atoms with E-state index >= 15 is 0 Å². The van der Waals surface area contributed by atoms with E-state index in [1.54, 1.807) is 38.4 Å². The van der Waals surface area contributed by atoms with Crippen LogP contribution in [0.25, 0.3) is 39.3 Å². The Labute approximate surface area is 333 Å². The van der Waals surface area contributed by atoms with Gasteiger partial charge >= 0.3 is 6.09 Å². The van der Waals surface area contributed by atoms with Gasteiger partial charge in [-0.2, -0.15) is 0 Å². The molecule has 14 nitrogen and oxygen atoms in total. The smallest absolute Gasteiger partial charge is 0.407 e. The number of carbonyl (C=O) groups is 3. The lowest BCUT2D eigenvalue weighted by atomic mass is 10.00. The Hall–Kier alpha value is -5.44. The summed E-state index contributed by atoms with van der Waals surface area (Å²) in [5.74, 6) is 0.851. The Morgan fingerprint density at radius 3 is 2.46 bits per heavy atom. The predicted octanol–water partition coefficient (Wildman–Crippen LogP) is 6.31. The second kappa shape index (κ2) is 16.7. The van der Waals surface area contributed by atoms with Crippen molar-refractivity contribution in [3.8, 4) is 45.3 Å². The molecule has 1 aromatic carbocycles. The van der Waals surface area contributed by atoms with Crippen molar-refractivity contribution in [2.24, 2.45) is 0 Å². The summed E-state index contributed by atoms with van der Waals surface area (Å²) in [6.07, 6.45) is 7.18. The number of hydrogen-bond acceptors (Lipinski definition) is 9. The fourth-order valence-electron chi connectivity index (χ4n) is 7.33. The van der Waals surface area contributed by atoms with Crippen LogP contribution in [0.2, 0.25) is 10.0 Å². The maximum atomic E-state index is 12.1. The predicted molar refractivity (Wildman–Crippen MR) is 212 cm³/mol. The van der Waals surface area contributed by atoms with E-state index in [0.29, 0.717) is 80.5 Å². The van der Waals surface area contributed by atoms with Gasteiger partial charge in [0.25, 0.3) is 0 Å². The molecule has 0 bridgehead atoms. The zero-order chi connectivity index (χ0) is 39.5. The second-order valence-corrected chi connectivity index (χ2v) is 14.7. The first-order valence-corrected chi connectivity index (χ1v) is 19.1. The Balaban J connectivity index is 1.13. The van der Waals surface area contributed by atoms with Gasteiger partial charge in [-0.3, -0.25) is 14.6 Å². The van der Waals surface area contributed by atoms with E-state index in [9.17, 15) is 19.5 Å². The largest absolute Gasteiger partial charge is 0.493 e.